The van der Waals surface area contributed by atoms with Gasteiger partial charge in [0.2, 0.25) is 0 Å². The first kappa shape index (κ1) is 16.9. The van der Waals surface area contributed by atoms with Crippen LogP contribution in [0.4, 0.5) is 4.39 Å². The summed E-state index contributed by atoms with van der Waals surface area (Å²) in [4.78, 5) is 2.43. The van der Waals surface area contributed by atoms with Gasteiger partial charge in [0.25, 0.3) is 0 Å². The number of nitrogens with one attached hydrogen (secondary N) is 1. The molecule has 1 aromatic carbocycles. The Morgan fingerprint density at radius 1 is 1.29 bits per heavy atom. The highest BCUT2D eigenvalue weighted by molar-refractivity contribution is 9.10. The lowest BCUT2D eigenvalue weighted by Crippen LogP contribution is -2.41. The SMILES string of the molecule is CC(C)N(CC1CCNCC1)C(C)c1cc(Br)ccc1F. The molecule has 1 heterocycles. The highest BCUT2D eigenvalue weighted by Gasteiger charge is 2.25. The second kappa shape index (κ2) is 7.70. The van der Waals surface area contributed by atoms with Crippen molar-refractivity contribution in [2.75, 3.05) is 19.6 Å². The maximum atomic E-state index is 14.2. The maximum Gasteiger partial charge on any atom is 0.128 e. The Balaban J connectivity index is 2.14. The van der Waals surface area contributed by atoms with E-state index in [1.54, 1.807) is 12.1 Å². The van der Waals surface area contributed by atoms with Crippen molar-refractivity contribution in [1.29, 1.82) is 0 Å². The topological polar surface area (TPSA) is 15.3 Å². The molecule has 0 radical (unpaired) electrons. The van der Waals surface area contributed by atoms with Crippen LogP contribution in [0.2, 0.25) is 0 Å². The highest BCUT2D eigenvalue weighted by atomic mass is 79.9. The van der Waals surface area contributed by atoms with Gasteiger partial charge in [0, 0.05) is 28.7 Å². The minimum absolute atomic E-state index is 0.0948. The first-order chi connectivity index (χ1) is 9.99. The Bertz CT molecular complexity index is 458. The Morgan fingerprint density at radius 3 is 2.57 bits per heavy atom. The first-order valence-corrected chi connectivity index (χ1v) is 8.69. The third-order valence-corrected chi connectivity index (χ3v) is 4.99. The number of benzene rings is 1. The molecule has 21 heavy (non-hydrogen) atoms. The van der Waals surface area contributed by atoms with Crippen molar-refractivity contribution in [3.63, 3.8) is 0 Å². The fraction of sp³-hybridized carbons (Fsp3) is 0.647. The van der Waals surface area contributed by atoms with Crippen molar-refractivity contribution < 1.29 is 4.39 Å². The molecule has 1 saturated heterocycles. The fourth-order valence-corrected chi connectivity index (χ4v) is 3.57. The number of halogens is 2. The Morgan fingerprint density at radius 2 is 1.95 bits per heavy atom. The summed E-state index contributed by atoms with van der Waals surface area (Å²) in [5.41, 5.74) is 0.784. The molecule has 2 nitrogen and oxygen atoms in total. The van der Waals surface area contributed by atoms with Crippen LogP contribution in [-0.2, 0) is 0 Å². The summed E-state index contributed by atoms with van der Waals surface area (Å²) < 4.78 is 15.1. The van der Waals surface area contributed by atoms with Crippen LogP contribution < -0.4 is 5.32 Å². The van der Waals surface area contributed by atoms with Crippen molar-refractivity contribution >= 4 is 15.9 Å². The van der Waals surface area contributed by atoms with E-state index >= 15 is 0 Å². The summed E-state index contributed by atoms with van der Waals surface area (Å²) in [6, 6.07) is 5.74. The maximum absolute atomic E-state index is 14.2. The van der Waals surface area contributed by atoms with Crippen LogP contribution >= 0.6 is 15.9 Å². The second-order valence-corrected chi connectivity index (χ2v) is 7.24. The molecule has 1 aliphatic heterocycles. The number of nitrogens with zero attached hydrogens (tertiary/aromatic N) is 1. The molecule has 1 fully saturated rings. The first-order valence-electron chi connectivity index (χ1n) is 7.90. The highest BCUT2D eigenvalue weighted by Crippen LogP contribution is 2.29. The zero-order valence-corrected chi connectivity index (χ0v) is 14.8. The van der Waals surface area contributed by atoms with Gasteiger partial charge >= 0.3 is 0 Å². The molecule has 2 rings (SSSR count). The van der Waals surface area contributed by atoms with E-state index in [0.717, 1.165) is 29.7 Å². The van der Waals surface area contributed by atoms with E-state index in [0.29, 0.717) is 12.0 Å². The average Bonchev–Trinajstić information content (AvgIpc) is 2.47. The standard InChI is InChI=1S/C17H26BrFN2/c1-12(2)21(11-14-6-8-20-9-7-14)13(3)16-10-15(18)4-5-17(16)19/h4-5,10,12-14,20H,6-9,11H2,1-3H3. The van der Waals surface area contributed by atoms with Gasteiger partial charge in [-0.25, -0.2) is 4.39 Å². The van der Waals surface area contributed by atoms with Crippen molar-refractivity contribution in [3.8, 4) is 0 Å². The van der Waals surface area contributed by atoms with Gasteiger partial charge < -0.3 is 5.32 Å². The van der Waals surface area contributed by atoms with Crippen molar-refractivity contribution in [2.45, 2.75) is 45.7 Å². The molecule has 1 unspecified atom stereocenters. The Kier molecular flexibility index (Phi) is 6.20. The summed E-state index contributed by atoms with van der Waals surface area (Å²) in [7, 11) is 0. The normalized spacial score (nSPS) is 18.4. The zero-order chi connectivity index (χ0) is 15.4. The Hall–Kier alpha value is -0.450. The van der Waals surface area contributed by atoms with Crippen LogP contribution in [0.15, 0.2) is 22.7 Å². The summed E-state index contributed by atoms with van der Waals surface area (Å²) in [6.07, 6.45) is 2.44. The van der Waals surface area contributed by atoms with E-state index in [2.05, 4.69) is 46.9 Å². The smallest absolute Gasteiger partial charge is 0.128 e. The van der Waals surface area contributed by atoms with Crippen molar-refractivity contribution in [3.05, 3.63) is 34.1 Å². The van der Waals surface area contributed by atoms with Crippen LogP contribution in [-0.4, -0.2) is 30.6 Å². The molecular weight excluding hydrogens is 331 g/mol. The lowest BCUT2D eigenvalue weighted by molar-refractivity contribution is 0.123. The summed E-state index contributed by atoms with van der Waals surface area (Å²) in [5, 5.41) is 3.41. The van der Waals surface area contributed by atoms with Crippen LogP contribution in [0.5, 0.6) is 0 Å². The molecule has 0 aromatic heterocycles. The fourth-order valence-electron chi connectivity index (χ4n) is 3.19. The molecule has 0 spiro atoms. The summed E-state index contributed by atoms with van der Waals surface area (Å²) >= 11 is 3.46. The monoisotopic (exact) mass is 356 g/mol. The third-order valence-electron chi connectivity index (χ3n) is 4.50. The van der Waals surface area contributed by atoms with Gasteiger partial charge in [0.1, 0.15) is 5.82 Å². The van der Waals surface area contributed by atoms with E-state index in [4.69, 9.17) is 0 Å². The lowest BCUT2D eigenvalue weighted by Gasteiger charge is -2.37. The van der Waals surface area contributed by atoms with Gasteiger partial charge in [-0.2, -0.15) is 0 Å². The number of hydrogen-bond acceptors (Lipinski definition) is 2. The quantitative estimate of drug-likeness (QED) is 0.842. The van der Waals surface area contributed by atoms with Crippen LogP contribution in [0.3, 0.4) is 0 Å². The molecule has 0 saturated carbocycles. The predicted molar refractivity (Wildman–Crippen MR) is 90.0 cm³/mol. The third kappa shape index (κ3) is 4.51. The minimum Gasteiger partial charge on any atom is -0.317 e. The van der Waals surface area contributed by atoms with E-state index in [1.807, 2.05) is 6.07 Å². The molecule has 0 aliphatic carbocycles. The van der Waals surface area contributed by atoms with Crippen molar-refractivity contribution in [2.24, 2.45) is 5.92 Å². The average molecular weight is 357 g/mol. The molecule has 1 aliphatic rings. The number of rotatable bonds is 5. The van der Waals surface area contributed by atoms with E-state index < -0.39 is 0 Å². The molecule has 1 atom stereocenters. The molecule has 0 bridgehead atoms. The zero-order valence-electron chi connectivity index (χ0n) is 13.2. The molecule has 1 aromatic rings. The van der Waals surface area contributed by atoms with E-state index in [-0.39, 0.29) is 11.9 Å². The van der Waals surface area contributed by atoms with Gasteiger partial charge in [-0.3, -0.25) is 4.90 Å². The van der Waals surface area contributed by atoms with Crippen molar-refractivity contribution in [1.82, 2.24) is 10.2 Å². The lowest BCUT2D eigenvalue weighted by atomic mass is 9.95. The predicted octanol–water partition coefficient (Wildman–Crippen LogP) is 4.36. The van der Waals surface area contributed by atoms with Crippen LogP contribution in [0, 0.1) is 11.7 Å². The van der Waals surface area contributed by atoms with Gasteiger partial charge in [0.05, 0.1) is 0 Å². The van der Waals surface area contributed by atoms with Gasteiger partial charge in [0.15, 0.2) is 0 Å². The Labute approximate surface area is 136 Å². The van der Waals surface area contributed by atoms with Crippen LogP contribution in [0.25, 0.3) is 0 Å². The molecule has 1 N–H and O–H groups in total. The van der Waals surface area contributed by atoms with E-state index in [1.165, 1.54) is 12.8 Å². The molecule has 4 heteroatoms. The van der Waals surface area contributed by atoms with Gasteiger partial charge in [-0.15, -0.1) is 0 Å². The van der Waals surface area contributed by atoms with E-state index in [9.17, 15) is 4.39 Å². The summed E-state index contributed by atoms with van der Waals surface area (Å²) in [5.74, 6) is 0.605. The van der Waals surface area contributed by atoms with Gasteiger partial charge in [-0.1, -0.05) is 15.9 Å². The van der Waals surface area contributed by atoms with Gasteiger partial charge in [-0.05, 0) is 70.8 Å². The molecule has 118 valence electrons. The van der Waals surface area contributed by atoms with Crippen LogP contribution in [0.1, 0.15) is 45.2 Å². The molecule has 0 amide bonds. The second-order valence-electron chi connectivity index (χ2n) is 6.33. The summed E-state index contributed by atoms with van der Waals surface area (Å²) in [6.45, 7) is 9.78. The molecular formula is C17H26BrFN2. The number of hydrogen-bond donors (Lipinski definition) is 1. The minimum atomic E-state index is -0.110. The number of piperidine rings is 1. The largest absolute Gasteiger partial charge is 0.317 e.